The van der Waals surface area contributed by atoms with Gasteiger partial charge in [-0.2, -0.15) is 0 Å². The molecule has 0 bridgehead atoms. The molecule has 0 saturated carbocycles. The molecule has 1 atom stereocenters. The Kier molecular flexibility index (Phi) is 3.11. The van der Waals surface area contributed by atoms with Gasteiger partial charge in [-0.1, -0.05) is 0 Å². The first-order valence-corrected chi connectivity index (χ1v) is 4.11. The Morgan fingerprint density at radius 2 is 1.93 bits per heavy atom. The predicted molar refractivity (Wildman–Crippen MR) is 49.0 cm³/mol. The molecule has 0 spiro atoms. The van der Waals surface area contributed by atoms with E-state index in [0.717, 1.165) is 12.1 Å². The van der Waals surface area contributed by atoms with Crippen molar-refractivity contribution in [3.05, 3.63) is 23.5 Å². The van der Waals surface area contributed by atoms with Crippen LogP contribution >= 0.6 is 0 Å². The molecule has 1 aromatic rings. The smallest absolute Gasteiger partial charge is 0.320 e. The third-order valence-corrected chi connectivity index (χ3v) is 1.94. The van der Waals surface area contributed by atoms with E-state index in [4.69, 9.17) is 15.9 Å². The SMILES string of the molecule is NC(Cc1c(O)ccc(O)c1F)C(=O)O. The van der Waals surface area contributed by atoms with Gasteiger partial charge in [-0.15, -0.1) is 0 Å². The quantitative estimate of drug-likeness (QED) is 0.539. The summed E-state index contributed by atoms with van der Waals surface area (Å²) in [4.78, 5) is 10.4. The number of carboxylic acid groups (broad SMARTS) is 1. The third-order valence-electron chi connectivity index (χ3n) is 1.94. The average molecular weight is 215 g/mol. The molecule has 82 valence electrons. The van der Waals surface area contributed by atoms with Crippen LogP contribution in [0.25, 0.3) is 0 Å². The van der Waals surface area contributed by atoms with Crippen LogP contribution in [0.3, 0.4) is 0 Å². The lowest BCUT2D eigenvalue weighted by Gasteiger charge is -2.10. The van der Waals surface area contributed by atoms with Crippen LogP contribution in [0.5, 0.6) is 11.5 Å². The van der Waals surface area contributed by atoms with E-state index in [2.05, 4.69) is 0 Å². The molecule has 0 aliphatic heterocycles. The third kappa shape index (κ3) is 2.35. The fraction of sp³-hybridized carbons (Fsp3) is 0.222. The molecule has 0 aliphatic rings. The number of benzene rings is 1. The fourth-order valence-electron chi connectivity index (χ4n) is 1.10. The first kappa shape index (κ1) is 11.3. The summed E-state index contributed by atoms with van der Waals surface area (Å²) >= 11 is 0. The molecule has 0 fully saturated rings. The second-order valence-electron chi connectivity index (χ2n) is 3.05. The molecule has 1 rings (SSSR count). The number of nitrogens with two attached hydrogens (primary N) is 1. The number of hydrogen-bond acceptors (Lipinski definition) is 4. The number of aliphatic carboxylic acids is 1. The van der Waals surface area contributed by atoms with Gasteiger partial charge in [-0.3, -0.25) is 4.79 Å². The van der Waals surface area contributed by atoms with Gasteiger partial charge >= 0.3 is 5.97 Å². The first-order valence-electron chi connectivity index (χ1n) is 4.11. The maximum atomic E-state index is 13.2. The topological polar surface area (TPSA) is 104 Å². The second-order valence-corrected chi connectivity index (χ2v) is 3.05. The predicted octanol–water partition coefficient (Wildman–Crippen LogP) is 0.191. The lowest BCUT2D eigenvalue weighted by molar-refractivity contribution is -0.138. The number of halogens is 1. The molecule has 15 heavy (non-hydrogen) atoms. The van der Waals surface area contributed by atoms with Gasteiger partial charge in [-0.05, 0) is 12.1 Å². The van der Waals surface area contributed by atoms with Gasteiger partial charge in [0, 0.05) is 12.0 Å². The van der Waals surface area contributed by atoms with Crippen molar-refractivity contribution < 1.29 is 24.5 Å². The minimum absolute atomic E-state index is 0.301. The van der Waals surface area contributed by atoms with Crippen LogP contribution in [0, 0.1) is 5.82 Å². The Morgan fingerprint density at radius 3 is 2.47 bits per heavy atom. The van der Waals surface area contributed by atoms with Crippen LogP contribution in [0.1, 0.15) is 5.56 Å². The molecule has 1 unspecified atom stereocenters. The van der Waals surface area contributed by atoms with Crippen LogP contribution in [0.15, 0.2) is 12.1 Å². The highest BCUT2D eigenvalue weighted by atomic mass is 19.1. The summed E-state index contributed by atoms with van der Waals surface area (Å²) in [6.45, 7) is 0. The molecule has 6 heteroatoms. The highest BCUT2D eigenvalue weighted by molar-refractivity contribution is 5.73. The second kappa shape index (κ2) is 4.14. The number of hydrogen-bond donors (Lipinski definition) is 4. The lowest BCUT2D eigenvalue weighted by atomic mass is 10.0. The summed E-state index contributed by atoms with van der Waals surface area (Å²) in [7, 11) is 0. The van der Waals surface area contributed by atoms with Crippen molar-refractivity contribution in [2.24, 2.45) is 5.73 Å². The minimum Gasteiger partial charge on any atom is -0.508 e. The van der Waals surface area contributed by atoms with Gasteiger partial charge in [0.15, 0.2) is 11.6 Å². The Hall–Kier alpha value is -1.82. The lowest BCUT2D eigenvalue weighted by Crippen LogP contribution is -2.32. The van der Waals surface area contributed by atoms with Crippen LogP contribution < -0.4 is 5.73 Å². The average Bonchev–Trinajstić information content (AvgIpc) is 2.18. The van der Waals surface area contributed by atoms with Gasteiger partial charge < -0.3 is 21.1 Å². The molecule has 0 aromatic heterocycles. The molecular formula is C9H10FNO4. The van der Waals surface area contributed by atoms with Gasteiger partial charge in [0.05, 0.1) is 0 Å². The molecule has 1 aromatic carbocycles. The maximum Gasteiger partial charge on any atom is 0.320 e. The molecule has 0 saturated heterocycles. The van der Waals surface area contributed by atoms with Crippen molar-refractivity contribution in [2.75, 3.05) is 0 Å². The van der Waals surface area contributed by atoms with Crippen molar-refractivity contribution >= 4 is 5.97 Å². The molecule has 5 nitrogen and oxygen atoms in total. The molecule has 0 amide bonds. The molecule has 5 N–H and O–H groups in total. The highest BCUT2D eigenvalue weighted by Gasteiger charge is 2.19. The van der Waals surface area contributed by atoms with Crippen LogP contribution in [-0.2, 0) is 11.2 Å². The van der Waals surface area contributed by atoms with E-state index in [1.165, 1.54) is 0 Å². The Bertz CT molecular complexity index is 394. The first-order chi connectivity index (χ1) is 6.93. The summed E-state index contributed by atoms with van der Waals surface area (Å²) < 4.78 is 13.2. The van der Waals surface area contributed by atoms with Crippen molar-refractivity contribution in [1.29, 1.82) is 0 Å². The van der Waals surface area contributed by atoms with Crippen molar-refractivity contribution in [1.82, 2.24) is 0 Å². The maximum absolute atomic E-state index is 13.2. The fourth-order valence-corrected chi connectivity index (χ4v) is 1.10. The zero-order valence-corrected chi connectivity index (χ0v) is 7.64. The monoisotopic (exact) mass is 215 g/mol. The Morgan fingerprint density at radius 1 is 1.40 bits per heavy atom. The van der Waals surface area contributed by atoms with Crippen LogP contribution in [-0.4, -0.2) is 27.3 Å². The van der Waals surface area contributed by atoms with Crippen molar-refractivity contribution in [2.45, 2.75) is 12.5 Å². The van der Waals surface area contributed by atoms with Gasteiger partial charge in [0.1, 0.15) is 11.8 Å². The van der Waals surface area contributed by atoms with Crippen molar-refractivity contribution in [3.8, 4) is 11.5 Å². The standard InChI is InChI=1S/C9H10FNO4/c10-8-4(3-5(11)9(14)15)6(12)1-2-7(8)13/h1-2,5,12-13H,3,11H2,(H,14,15). The zero-order chi connectivity index (χ0) is 11.6. The van der Waals surface area contributed by atoms with E-state index in [0.29, 0.717) is 0 Å². The van der Waals surface area contributed by atoms with E-state index in [9.17, 15) is 14.3 Å². The Balaban J connectivity index is 3.03. The number of carboxylic acids is 1. The number of phenols is 2. The van der Waals surface area contributed by atoms with Gasteiger partial charge in [-0.25, -0.2) is 4.39 Å². The van der Waals surface area contributed by atoms with E-state index in [1.54, 1.807) is 0 Å². The van der Waals surface area contributed by atoms with Gasteiger partial charge in [0.25, 0.3) is 0 Å². The number of phenolic OH excluding ortho intramolecular Hbond substituents is 2. The van der Waals surface area contributed by atoms with E-state index in [-0.39, 0.29) is 12.0 Å². The van der Waals surface area contributed by atoms with E-state index < -0.39 is 29.3 Å². The number of carbonyl (C=O) groups is 1. The number of rotatable bonds is 3. The zero-order valence-electron chi connectivity index (χ0n) is 7.64. The summed E-state index contributed by atoms with van der Waals surface area (Å²) in [5.41, 5.74) is 4.88. The summed E-state index contributed by atoms with van der Waals surface area (Å²) in [6, 6.07) is 0.718. The van der Waals surface area contributed by atoms with Crippen molar-refractivity contribution in [3.63, 3.8) is 0 Å². The van der Waals surface area contributed by atoms with Gasteiger partial charge in [0.2, 0.25) is 0 Å². The molecule has 0 radical (unpaired) electrons. The Labute approximate surface area is 84.6 Å². The summed E-state index contributed by atoms with van der Waals surface area (Å²) in [5.74, 6) is -3.44. The minimum atomic E-state index is -1.33. The number of aromatic hydroxyl groups is 2. The molecule has 0 heterocycles. The van der Waals surface area contributed by atoms with E-state index in [1.807, 2.05) is 0 Å². The normalized spacial score (nSPS) is 12.4. The molecule has 0 aliphatic carbocycles. The van der Waals surface area contributed by atoms with Crippen LogP contribution in [0.2, 0.25) is 0 Å². The molecular weight excluding hydrogens is 205 g/mol. The summed E-state index contributed by atoms with van der Waals surface area (Å²) in [6.07, 6.45) is -0.388. The van der Waals surface area contributed by atoms with E-state index >= 15 is 0 Å². The summed E-state index contributed by atoms with van der Waals surface area (Å²) in [5, 5.41) is 26.8. The highest BCUT2D eigenvalue weighted by Crippen LogP contribution is 2.27. The van der Waals surface area contributed by atoms with Crippen LogP contribution in [0.4, 0.5) is 4.39 Å². The largest absolute Gasteiger partial charge is 0.508 e.